The Morgan fingerprint density at radius 1 is 1.32 bits per heavy atom. The van der Waals surface area contributed by atoms with Crippen molar-refractivity contribution in [1.82, 2.24) is 20.0 Å². The van der Waals surface area contributed by atoms with Gasteiger partial charge in [-0.3, -0.25) is 14.9 Å². The maximum Gasteiger partial charge on any atom is 0.326 e. The Labute approximate surface area is 159 Å². The van der Waals surface area contributed by atoms with Gasteiger partial charge in [-0.15, -0.1) is 0 Å². The molecule has 2 aromatic rings. The third-order valence-electron chi connectivity index (χ3n) is 3.68. The van der Waals surface area contributed by atoms with Gasteiger partial charge >= 0.3 is 5.97 Å². The molecule has 0 aliphatic rings. The van der Waals surface area contributed by atoms with E-state index in [1.807, 2.05) is 0 Å². The van der Waals surface area contributed by atoms with E-state index in [0.717, 1.165) is 24.3 Å². The number of H-pyrrole nitrogens is 1. The first-order valence-electron chi connectivity index (χ1n) is 7.87. The van der Waals surface area contributed by atoms with Crippen LogP contribution >= 0.6 is 0 Å². The number of benzene rings is 1. The van der Waals surface area contributed by atoms with Crippen LogP contribution in [0.3, 0.4) is 0 Å². The Hall–Kier alpha value is -3.32. The first-order valence-corrected chi connectivity index (χ1v) is 9.35. The molecule has 1 aromatic heterocycles. The number of aromatic amines is 1. The number of hydrogen-bond donors (Lipinski definition) is 4. The molecule has 0 aliphatic carbocycles. The van der Waals surface area contributed by atoms with E-state index in [9.17, 15) is 33.2 Å². The molecule has 0 saturated carbocycles. The highest BCUT2D eigenvalue weighted by molar-refractivity contribution is 7.89. The molecule has 1 heterocycles. The van der Waals surface area contributed by atoms with Gasteiger partial charge in [-0.1, -0.05) is 0 Å². The number of sulfonamides is 1. The van der Waals surface area contributed by atoms with Crippen molar-refractivity contribution >= 4 is 27.6 Å². The van der Waals surface area contributed by atoms with Crippen molar-refractivity contribution in [1.29, 1.82) is 0 Å². The predicted octanol–water partition coefficient (Wildman–Crippen LogP) is -0.203. The summed E-state index contributed by atoms with van der Waals surface area (Å²) in [4.78, 5) is 39.7. The van der Waals surface area contributed by atoms with E-state index >= 15 is 0 Å². The van der Waals surface area contributed by atoms with E-state index in [1.165, 1.54) is 19.4 Å². The van der Waals surface area contributed by atoms with Crippen LogP contribution in [0.25, 0.3) is 0 Å². The Bertz CT molecular complexity index is 957. The van der Waals surface area contributed by atoms with Crippen molar-refractivity contribution < 1.29 is 28.0 Å². The lowest BCUT2D eigenvalue weighted by Crippen LogP contribution is -2.51. The molecule has 1 aromatic carbocycles. The van der Waals surface area contributed by atoms with Crippen molar-refractivity contribution in [3.05, 3.63) is 52.6 Å². The Morgan fingerprint density at radius 3 is 2.46 bits per heavy atom. The van der Waals surface area contributed by atoms with Gasteiger partial charge in [0.2, 0.25) is 15.9 Å². The maximum absolute atomic E-state index is 12.3. The number of rotatable bonds is 9. The van der Waals surface area contributed by atoms with Gasteiger partial charge in [0.05, 0.1) is 22.2 Å². The number of hydrogen-bond acceptors (Lipinski definition) is 7. The lowest BCUT2D eigenvalue weighted by atomic mass is 10.1. The number of aliphatic carboxylic acids is 1. The van der Waals surface area contributed by atoms with Crippen molar-refractivity contribution in [2.45, 2.75) is 30.3 Å². The van der Waals surface area contributed by atoms with Gasteiger partial charge in [-0.2, -0.15) is 4.72 Å². The number of non-ortho nitro benzene ring substituents is 1. The maximum atomic E-state index is 12.3. The molecule has 0 radical (unpaired) electrons. The van der Waals surface area contributed by atoms with E-state index in [0.29, 0.717) is 5.69 Å². The quantitative estimate of drug-likeness (QED) is 0.323. The average molecular weight is 411 g/mol. The van der Waals surface area contributed by atoms with Crippen LogP contribution < -0.4 is 10.0 Å². The molecule has 0 saturated heterocycles. The first-order chi connectivity index (χ1) is 13.1. The summed E-state index contributed by atoms with van der Waals surface area (Å²) in [7, 11) is -4.15. The smallest absolute Gasteiger partial charge is 0.326 e. The lowest BCUT2D eigenvalue weighted by Gasteiger charge is -2.18. The highest BCUT2D eigenvalue weighted by Crippen LogP contribution is 2.16. The van der Waals surface area contributed by atoms with Gasteiger partial charge < -0.3 is 15.4 Å². The van der Waals surface area contributed by atoms with Gasteiger partial charge in [0.1, 0.15) is 6.04 Å². The molecule has 0 unspecified atom stereocenters. The Balaban J connectivity index is 2.05. The molecule has 2 rings (SSSR count). The normalized spacial score (nSPS) is 13.5. The highest BCUT2D eigenvalue weighted by Gasteiger charge is 2.27. The number of carboxylic acid groups (broad SMARTS) is 1. The summed E-state index contributed by atoms with van der Waals surface area (Å²) in [6, 6.07) is 1.52. The molecule has 0 bridgehead atoms. The summed E-state index contributed by atoms with van der Waals surface area (Å²) in [5.74, 6) is -2.15. The number of nitro groups is 1. The van der Waals surface area contributed by atoms with Crippen LogP contribution in [0, 0.1) is 10.1 Å². The molecular weight excluding hydrogens is 394 g/mol. The second-order valence-corrected chi connectivity index (χ2v) is 7.49. The summed E-state index contributed by atoms with van der Waals surface area (Å²) >= 11 is 0. The lowest BCUT2D eigenvalue weighted by molar-refractivity contribution is -0.384. The summed E-state index contributed by atoms with van der Waals surface area (Å²) in [5.41, 5.74) is 0.194. The summed E-state index contributed by atoms with van der Waals surface area (Å²) in [6.45, 7) is 1.24. The number of carbonyl (C=O) groups is 2. The topological polar surface area (TPSA) is 184 Å². The number of nitro benzene ring substituents is 1. The van der Waals surface area contributed by atoms with Crippen molar-refractivity contribution in [2.24, 2.45) is 0 Å². The van der Waals surface area contributed by atoms with E-state index in [-0.39, 0.29) is 17.0 Å². The second kappa shape index (κ2) is 8.58. The number of carbonyl (C=O) groups excluding carboxylic acids is 1. The third-order valence-corrected chi connectivity index (χ3v) is 5.23. The average Bonchev–Trinajstić information content (AvgIpc) is 3.13. The van der Waals surface area contributed by atoms with Gasteiger partial charge in [0, 0.05) is 30.4 Å². The van der Waals surface area contributed by atoms with Crippen molar-refractivity contribution in [3.8, 4) is 0 Å². The molecule has 1 amide bonds. The molecule has 0 spiro atoms. The van der Waals surface area contributed by atoms with Crippen LogP contribution in [0.5, 0.6) is 0 Å². The number of nitrogens with zero attached hydrogens (tertiary/aromatic N) is 2. The molecular formula is C15H17N5O7S. The molecule has 13 heteroatoms. The fourth-order valence-corrected chi connectivity index (χ4v) is 3.42. The van der Waals surface area contributed by atoms with E-state index < -0.39 is 38.9 Å². The van der Waals surface area contributed by atoms with Crippen LogP contribution in [0.15, 0.2) is 41.7 Å². The van der Waals surface area contributed by atoms with Gasteiger partial charge in [-0.05, 0) is 19.1 Å². The zero-order valence-electron chi connectivity index (χ0n) is 14.5. The van der Waals surface area contributed by atoms with Crippen molar-refractivity contribution in [3.63, 3.8) is 0 Å². The third kappa shape index (κ3) is 5.34. The minimum Gasteiger partial charge on any atom is -0.480 e. The Kier molecular flexibility index (Phi) is 6.43. The molecule has 150 valence electrons. The molecule has 12 nitrogen and oxygen atoms in total. The fraction of sp³-hybridized carbons (Fsp3) is 0.267. The van der Waals surface area contributed by atoms with Gasteiger partial charge in [0.25, 0.3) is 5.69 Å². The van der Waals surface area contributed by atoms with Crippen molar-refractivity contribution in [2.75, 3.05) is 0 Å². The number of imidazole rings is 1. The van der Waals surface area contributed by atoms with Crippen LogP contribution in [0.1, 0.15) is 12.6 Å². The molecule has 28 heavy (non-hydrogen) atoms. The molecule has 0 fully saturated rings. The summed E-state index contributed by atoms with van der Waals surface area (Å²) < 4.78 is 26.7. The molecule has 0 aliphatic heterocycles. The summed E-state index contributed by atoms with van der Waals surface area (Å²) in [6.07, 6.45) is 2.70. The van der Waals surface area contributed by atoms with Gasteiger partial charge in [0.15, 0.2) is 0 Å². The Morgan fingerprint density at radius 2 is 1.96 bits per heavy atom. The van der Waals surface area contributed by atoms with E-state index in [2.05, 4.69) is 20.0 Å². The monoisotopic (exact) mass is 411 g/mol. The minimum absolute atomic E-state index is 0.0666. The number of carboxylic acids is 1. The first kappa shape index (κ1) is 21.0. The van der Waals surface area contributed by atoms with Crippen LogP contribution in [0.2, 0.25) is 0 Å². The second-order valence-electron chi connectivity index (χ2n) is 5.77. The largest absolute Gasteiger partial charge is 0.480 e. The van der Waals surface area contributed by atoms with E-state index in [1.54, 1.807) is 0 Å². The van der Waals surface area contributed by atoms with Crippen LogP contribution in [-0.2, 0) is 26.0 Å². The SMILES string of the molecule is C[C@H](NS(=O)(=O)c1ccc([N+](=O)[O-])cc1)C(=O)N[C@@H](Cc1cnc[nH]1)C(=O)O. The van der Waals surface area contributed by atoms with Gasteiger partial charge in [-0.25, -0.2) is 18.2 Å². The van der Waals surface area contributed by atoms with Crippen LogP contribution in [-0.4, -0.2) is 52.4 Å². The highest BCUT2D eigenvalue weighted by atomic mass is 32.2. The molecule has 4 N–H and O–H groups in total. The number of aromatic nitrogens is 2. The van der Waals surface area contributed by atoms with E-state index in [4.69, 9.17) is 0 Å². The zero-order valence-corrected chi connectivity index (χ0v) is 15.3. The standard InChI is InChI=1S/C15H17N5O7S/c1-9(14(21)18-13(15(22)23)6-10-7-16-8-17-10)19-28(26,27)12-4-2-11(3-5-12)20(24)25/h2-5,7-9,13,19H,6H2,1H3,(H,16,17)(H,18,21)(H,22,23)/t9-,13-/m0/s1. The zero-order chi connectivity index (χ0) is 20.9. The molecule has 2 atom stereocenters. The minimum atomic E-state index is -4.15. The summed E-state index contributed by atoms with van der Waals surface area (Å²) in [5, 5.41) is 22.1. The van der Waals surface area contributed by atoms with Crippen LogP contribution in [0.4, 0.5) is 5.69 Å². The predicted molar refractivity (Wildman–Crippen MR) is 94.7 cm³/mol. The fourth-order valence-electron chi connectivity index (χ4n) is 2.21. The number of nitrogens with one attached hydrogen (secondary N) is 3. The number of amides is 1.